The number of benzene rings is 1. The van der Waals surface area contributed by atoms with E-state index in [1.807, 2.05) is 4.90 Å². The first-order chi connectivity index (χ1) is 8.38. The molecule has 0 aliphatic carbocycles. The molecule has 0 saturated carbocycles. The Morgan fingerprint density at radius 3 is 2.28 bits per heavy atom. The fraction of sp³-hybridized carbons (Fsp3) is 0.500. The molecule has 1 aromatic carbocycles. The predicted octanol–water partition coefficient (Wildman–Crippen LogP) is 2.77. The van der Waals surface area contributed by atoms with Crippen molar-refractivity contribution in [3.63, 3.8) is 0 Å². The highest BCUT2D eigenvalue weighted by atomic mass is 19.4. The molecule has 18 heavy (non-hydrogen) atoms. The minimum atomic E-state index is -4.65. The summed E-state index contributed by atoms with van der Waals surface area (Å²) in [5.74, 6) is -1.23. The van der Waals surface area contributed by atoms with Crippen molar-refractivity contribution in [2.45, 2.75) is 25.1 Å². The first-order valence-electron chi connectivity index (χ1n) is 5.75. The van der Waals surface area contributed by atoms with Crippen LogP contribution in [0.15, 0.2) is 18.2 Å². The third-order valence-corrected chi connectivity index (χ3v) is 3.16. The molecule has 2 N–H and O–H groups in total. The smallest absolute Gasteiger partial charge is 0.371 e. The number of piperidine rings is 1. The Bertz CT molecular complexity index is 423. The molecule has 1 aromatic rings. The lowest BCUT2D eigenvalue weighted by atomic mass is 10.0. The molecule has 1 heterocycles. The fourth-order valence-corrected chi connectivity index (χ4v) is 2.09. The number of nitrogens with two attached hydrogens (primary N) is 1. The molecule has 1 aliphatic heterocycles. The maximum Gasteiger partial charge on any atom is 0.419 e. The maximum atomic E-state index is 13.4. The standard InChI is InChI=1S/C12H14F4N2/c13-11-7-9(1-2-10(11)12(14,15)16)18-5-3-8(17)4-6-18/h1-2,7-8H,3-6,17H2. The van der Waals surface area contributed by atoms with Gasteiger partial charge in [0.15, 0.2) is 0 Å². The Balaban J connectivity index is 2.19. The summed E-state index contributed by atoms with van der Waals surface area (Å²) in [5, 5.41) is 0. The Kier molecular flexibility index (Phi) is 3.47. The predicted molar refractivity (Wildman–Crippen MR) is 60.8 cm³/mol. The number of nitrogens with zero attached hydrogens (tertiary/aromatic N) is 1. The van der Waals surface area contributed by atoms with Crippen molar-refractivity contribution in [2.75, 3.05) is 18.0 Å². The van der Waals surface area contributed by atoms with E-state index in [2.05, 4.69) is 0 Å². The summed E-state index contributed by atoms with van der Waals surface area (Å²) in [6.07, 6.45) is -3.11. The van der Waals surface area contributed by atoms with Crippen LogP contribution in [0.5, 0.6) is 0 Å². The number of alkyl halides is 3. The van der Waals surface area contributed by atoms with Crippen LogP contribution in [0.4, 0.5) is 23.2 Å². The van der Waals surface area contributed by atoms with Crippen LogP contribution in [0.2, 0.25) is 0 Å². The van der Waals surface area contributed by atoms with E-state index >= 15 is 0 Å². The zero-order valence-corrected chi connectivity index (χ0v) is 9.67. The summed E-state index contributed by atoms with van der Waals surface area (Å²) in [6.45, 7) is 1.29. The zero-order chi connectivity index (χ0) is 13.3. The summed E-state index contributed by atoms with van der Waals surface area (Å²) in [4.78, 5) is 1.85. The van der Waals surface area contributed by atoms with Crippen LogP contribution in [-0.4, -0.2) is 19.1 Å². The Morgan fingerprint density at radius 2 is 1.78 bits per heavy atom. The van der Waals surface area contributed by atoms with Gasteiger partial charge in [0.2, 0.25) is 0 Å². The van der Waals surface area contributed by atoms with Gasteiger partial charge in [0.1, 0.15) is 5.82 Å². The molecule has 1 fully saturated rings. The van der Waals surface area contributed by atoms with Crippen LogP contribution in [0.25, 0.3) is 0 Å². The largest absolute Gasteiger partial charge is 0.419 e. The minimum absolute atomic E-state index is 0.126. The van der Waals surface area contributed by atoms with E-state index in [4.69, 9.17) is 5.73 Å². The summed E-state index contributed by atoms with van der Waals surface area (Å²) >= 11 is 0. The lowest BCUT2D eigenvalue weighted by molar-refractivity contribution is -0.139. The van der Waals surface area contributed by atoms with Gasteiger partial charge in [-0.25, -0.2) is 4.39 Å². The van der Waals surface area contributed by atoms with Crippen molar-refractivity contribution in [1.82, 2.24) is 0 Å². The molecule has 0 unspecified atom stereocenters. The van der Waals surface area contributed by atoms with E-state index in [0.717, 1.165) is 25.0 Å². The van der Waals surface area contributed by atoms with Crippen molar-refractivity contribution in [3.8, 4) is 0 Å². The summed E-state index contributed by atoms with van der Waals surface area (Å²) < 4.78 is 50.6. The topological polar surface area (TPSA) is 29.3 Å². The Labute approximate surface area is 102 Å². The first kappa shape index (κ1) is 13.1. The molecule has 1 aliphatic rings. The molecular weight excluding hydrogens is 248 g/mol. The molecule has 0 aromatic heterocycles. The van der Waals surface area contributed by atoms with E-state index in [1.54, 1.807) is 0 Å². The SMILES string of the molecule is NC1CCN(c2ccc(C(F)(F)F)c(F)c2)CC1. The summed E-state index contributed by atoms with van der Waals surface area (Å²) in [6, 6.07) is 3.17. The highest BCUT2D eigenvalue weighted by molar-refractivity contribution is 5.49. The third-order valence-electron chi connectivity index (χ3n) is 3.16. The monoisotopic (exact) mass is 262 g/mol. The van der Waals surface area contributed by atoms with Crippen molar-refractivity contribution in [2.24, 2.45) is 5.73 Å². The van der Waals surface area contributed by atoms with Crippen LogP contribution < -0.4 is 10.6 Å². The molecule has 2 rings (SSSR count). The van der Waals surface area contributed by atoms with Gasteiger partial charge >= 0.3 is 6.18 Å². The van der Waals surface area contributed by atoms with Gasteiger partial charge in [0.05, 0.1) is 5.56 Å². The van der Waals surface area contributed by atoms with E-state index in [9.17, 15) is 17.6 Å². The molecule has 0 bridgehead atoms. The van der Waals surface area contributed by atoms with Crippen molar-refractivity contribution < 1.29 is 17.6 Å². The van der Waals surface area contributed by atoms with E-state index in [-0.39, 0.29) is 6.04 Å². The quantitative estimate of drug-likeness (QED) is 0.788. The maximum absolute atomic E-state index is 13.4. The van der Waals surface area contributed by atoms with Gasteiger partial charge in [0.25, 0.3) is 0 Å². The molecule has 0 atom stereocenters. The number of halogens is 4. The summed E-state index contributed by atoms with van der Waals surface area (Å²) in [7, 11) is 0. The second kappa shape index (κ2) is 4.76. The molecule has 0 spiro atoms. The normalized spacial score (nSPS) is 18.2. The van der Waals surface area contributed by atoms with Crippen molar-refractivity contribution in [3.05, 3.63) is 29.6 Å². The Hall–Kier alpha value is -1.30. The second-order valence-corrected chi connectivity index (χ2v) is 4.49. The van der Waals surface area contributed by atoms with Gasteiger partial charge < -0.3 is 10.6 Å². The first-order valence-corrected chi connectivity index (χ1v) is 5.75. The van der Waals surface area contributed by atoms with Crippen molar-refractivity contribution in [1.29, 1.82) is 0 Å². The molecular formula is C12H14F4N2. The Morgan fingerprint density at radius 1 is 1.17 bits per heavy atom. The van der Waals surface area contributed by atoms with Gasteiger partial charge in [-0.1, -0.05) is 0 Å². The van der Waals surface area contributed by atoms with Gasteiger partial charge in [-0.15, -0.1) is 0 Å². The number of anilines is 1. The molecule has 0 radical (unpaired) electrons. The lowest BCUT2D eigenvalue weighted by Crippen LogP contribution is -2.39. The molecule has 100 valence electrons. The zero-order valence-electron chi connectivity index (χ0n) is 9.67. The van der Waals surface area contributed by atoms with Crippen LogP contribution in [0.1, 0.15) is 18.4 Å². The molecule has 1 saturated heterocycles. The van der Waals surface area contributed by atoms with Crippen LogP contribution in [0.3, 0.4) is 0 Å². The van der Waals surface area contributed by atoms with E-state index in [1.165, 1.54) is 6.07 Å². The van der Waals surface area contributed by atoms with Gasteiger partial charge in [-0.05, 0) is 31.0 Å². The number of hydrogen-bond acceptors (Lipinski definition) is 2. The van der Waals surface area contributed by atoms with Crippen LogP contribution in [0, 0.1) is 5.82 Å². The number of hydrogen-bond donors (Lipinski definition) is 1. The van der Waals surface area contributed by atoms with Crippen LogP contribution in [-0.2, 0) is 6.18 Å². The molecule has 0 amide bonds. The summed E-state index contributed by atoms with van der Waals surface area (Å²) in [5.41, 5.74) is 4.99. The van der Waals surface area contributed by atoms with Gasteiger partial charge in [-0.3, -0.25) is 0 Å². The van der Waals surface area contributed by atoms with Gasteiger partial charge in [-0.2, -0.15) is 13.2 Å². The minimum Gasteiger partial charge on any atom is -0.371 e. The molecule has 2 nitrogen and oxygen atoms in total. The fourth-order valence-electron chi connectivity index (χ4n) is 2.09. The van der Waals surface area contributed by atoms with Crippen LogP contribution >= 0.6 is 0 Å². The lowest BCUT2D eigenvalue weighted by Gasteiger charge is -2.32. The van der Waals surface area contributed by atoms with E-state index in [0.29, 0.717) is 18.8 Å². The second-order valence-electron chi connectivity index (χ2n) is 4.49. The average Bonchev–Trinajstić information content (AvgIpc) is 2.28. The number of rotatable bonds is 1. The third kappa shape index (κ3) is 2.75. The highest BCUT2D eigenvalue weighted by Gasteiger charge is 2.34. The van der Waals surface area contributed by atoms with Gasteiger partial charge in [0, 0.05) is 24.8 Å². The highest BCUT2D eigenvalue weighted by Crippen LogP contribution is 2.33. The van der Waals surface area contributed by atoms with Crippen molar-refractivity contribution >= 4 is 5.69 Å². The van der Waals surface area contributed by atoms with E-state index < -0.39 is 17.6 Å². The average molecular weight is 262 g/mol. The molecule has 6 heteroatoms.